The van der Waals surface area contributed by atoms with Crippen LogP contribution < -0.4 is 21.1 Å². The van der Waals surface area contributed by atoms with Crippen LogP contribution in [0.3, 0.4) is 0 Å². The molecule has 0 saturated carbocycles. The van der Waals surface area contributed by atoms with Crippen LogP contribution in [0, 0.1) is 5.41 Å². The number of piperidine rings is 1. The summed E-state index contributed by atoms with van der Waals surface area (Å²) in [6, 6.07) is 14.0. The summed E-state index contributed by atoms with van der Waals surface area (Å²) in [7, 11) is 0. The van der Waals surface area contributed by atoms with E-state index >= 15 is 0 Å². The fraction of sp³-hybridized carbons (Fsp3) is 0.391. The second-order valence-corrected chi connectivity index (χ2v) is 9.26. The highest BCUT2D eigenvalue weighted by molar-refractivity contribution is 6.31. The molecule has 9 heteroatoms. The van der Waals surface area contributed by atoms with Crippen molar-refractivity contribution in [2.75, 3.05) is 11.9 Å². The van der Waals surface area contributed by atoms with Crippen LogP contribution in [0.1, 0.15) is 31.2 Å². The van der Waals surface area contributed by atoms with Crippen molar-refractivity contribution >= 4 is 40.8 Å². The molecule has 2 bridgehead atoms. The van der Waals surface area contributed by atoms with Crippen LogP contribution in [-0.2, 0) is 11.3 Å². The summed E-state index contributed by atoms with van der Waals surface area (Å²) in [5, 5.41) is 14.4. The van der Waals surface area contributed by atoms with Crippen LogP contribution >= 0.6 is 23.2 Å². The average molecular weight is 476 g/mol. The Morgan fingerprint density at radius 3 is 2.41 bits per heavy atom. The molecule has 2 saturated heterocycles. The minimum absolute atomic E-state index is 0.117. The average Bonchev–Trinajstić information content (AvgIpc) is 2.96. The van der Waals surface area contributed by atoms with Crippen molar-refractivity contribution in [2.45, 2.75) is 50.4 Å². The molecule has 4 rings (SSSR count). The van der Waals surface area contributed by atoms with Crippen molar-refractivity contribution in [3.63, 3.8) is 0 Å². The molecular weight excluding hydrogens is 449 g/mol. The van der Waals surface area contributed by atoms with Gasteiger partial charge in [0.05, 0.1) is 5.69 Å². The quantitative estimate of drug-likeness (QED) is 0.358. The van der Waals surface area contributed by atoms with Gasteiger partial charge in [0, 0.05) is 34.7 Å². The van der Waals surface area contributed by atoms with Gasteiger partial charge in [0.15, 0.2) is 12.6 Å². The molecule has 2 aromatic carbocycles. The van der Waals surface area contributed by atoms with Gasteiger partial charge in [-0.25, -0.2) is 0 Å². The number of carbonyl (C=O) groups excluding carboxylic acids is 1. The highest BCUT2D eigenvalue weighted by Gasteiger charge is 2.40. The summed E-state index contributed by atoms with van der Waals surface area (Å²) >= 11 is 12.0. The van der Waals surface area contributed by atoms with E-state index in [0.717, 1.165) is 37.3 Å². The second-order valence-electron chi connectivity index (χ2n) is 8.39. The first kappa shape index (κ1) is 22.7. The molecule has 7 nitrogen and oxygen atoms in total. The fourth-order valence-electron chi connectivity index (χ4n) is 4.73. The number of rotatable bonds is 7. The first-order valence-corrected chi connectivity index (χ1v) is 11.5. The van der Waals surface area contributed by atoms with Gasteiger partial charge in [-0.05, 0) is 61.6 Å². The zero-order valence-electron chi connectivity index (χ0n) is 17.6. The van der Waals surface area contributed by atoms with Crippen LogP contribution in [0.15, 0.2) is 42.5 Å². The van der Waals surface area contributed by atoms with Gasteiger partial charge in [-0.1, -0.05) is 35.3 Å². The standard InChI is InChI=1S/C23H27Cl2N5O2/c24-15-3-1-14(2-4-15)12-30-18-6-7-19(30)11-17(10-18)28-22(31)13-32-21-8-5-16(25)9-20(21)29-23(26)27/h1-5,8-9,17-19H,6-7,10-13H2,(H,28,31)(H4,26,27,29)/t17-,18+,19-. The summed E-state index contributed by atoms with van der Waals surface area (Å²) in [5.74, 6) is 0.0179. The maximum absolute atomic E-state index is 12.5. The van der Waals surface area contributed by atoms with E-state index in [0.29, 0.717) is 28.5 Å². The van der Waals surface area contributed by atoms with Gasteiger partial charge in [-0.15, -0.1) is 0 Å². The number of halogens is 2. The van der Waals surface area contributed by atoms with Gasteiger partial charge >= 0.3 is 0 Å². The van der Waals surface area contributed by atoms with E-state index in [2.05, 4.69) is 27.7 Å². The number of nitrogens with one attached hydrogen (secondary N) is 3. The Kier molecular flexibility index (Phi) is 7.08. The van der Waals surface area contributed by atoms with Gasteiger partial charge in [0.2, 0.25) is 0 Å². The molecule has 1 amide bonds. The van der Waals surface area contributed by atoms with E-state index in [1.165, 1.54) is 5.56 Å². The molecule has 2 aromatic rings. The minimum atomic E-state index is -0.234. The molecule has 2 fully saturated rings. The highest BCUT2D eigenvalue weighted by Crippen LogP contribution is 2.37. The van der Waals surface area contributed by atoms with Gasteiger partial charge < -0.3 is 21.1 Å². The number of ether oxygens (including phenoxy) is 1. The number of guanidine groups is 1. The maximum atomic E-state index is 12.5. The molecule has 5 N–H and O–H groups in total. The lowest BCUT2D eigenvalue weighted by Crippen LogP contribution is -2.50. The number of nitrogens with two attached hydrogens (primary N) is 1. The molecule has 32 heavy (non-hydrogen) atoms. The van der Waals surface area contributed by atoms with Crippen LogP contribution in [0.25, 0.3) is 0 Å². The first-order chi connectivity index (χ1) is 15.4. The Balaban J connectivity index is 1.29. The van der Waals surface area contributed by atoms with Crippen molar-refractivity contribution < 1.29 is 9.53 Å². The van der Waals surface area contributed by atoms with Gasteiger partial charge in [0.25, 0.3) is 5.91 Å². The van der Waals surface area contributed by atoms with Gasteiger partial charge in [-0.3, -0.25) is 15.1 Å². The molecule has 3 atom stereocenters. The predicted molar refractivity (Wildman–Crippen MR) is 127 cm³/mol. The highest BCUT2D eigenvalue weighted by atomic mass is 35.5. The lowest BCUT2D eigenvalue weighted by Gasteiger charge is -2.39. The Morgan fingerprint density at radius 2 is 1.75 bits per heavy atom. The molecule has 170 valence electrons. The zero-order chi connectivity index (χ0) is 22.7. The van der Waals surface area contributed by atoms with E-state index in [1.54, 1.807) is 18.2 Å². The lowest BCUT2D eigenvalue weighted by atomic mass is 9.96. The summed E-state index contributed by atoms with van der Waals surface area (Å²) in [4.78, 5) is 15.1. The van der Waals surface area contributed by atoms with Crippen LogP contribution in [-0.4, -0.2) is 41.5 Å². The number of fused-ring (bicyclic) bond motifs is 2. The largest absolute Gasteiger partial charge is 0.482 e. The van der Waals surface area contributed by atoms with Crippen molar-refractivity contribution in [1.82, 2.24) is 10.2 Å². The third-order valence-corrected chi connectivity index (χ3v) is 6.58. The topological polar surface area (TPSA) is 103 Å². The number of amides is 1. The molecule has 0 spiro atoms. The second kappa shape index (κ2) is 9.98. The Labute approximate surface area is 197 Å². The fourth-order valence-corrected chi connectivity index (χ4v) is 5.03. The van der Waals surface area contributed by atoms with E-state index < -0.39 is 0 Å². The number of nitrogens with zero attached hydrogens (tertiary/aromatic N) is 1. The summed E-state index contributed by atoms with van der Waals surface area (Å²) in [6.07, 6.45) is 4.19. The first-order valence-electron chi connectivity index (χ1n) is 10.7. The number of anilines is 1. The van der Waals surface area contributed by atoms with E-state index in [-0.39, 0.29) is 24.5 Å². The number of hydrogen-bond donors (Lipinski definition) is 4. The normalized spacial score (nSPS) is 22.4. The number of hydrogen-bond acceptors (Lipinski definition) is 4. The molecule has 0 aromatic heterocycles. The number of benzene rings is 2. The smallest absolute Gasteiger partial charge is 0.258 e. The Bertz CT molecular complexity index is 971. The van der Waals surface area contributed by atoms with E-state index in [4.69, 9.17) is 39.1 Å². The maximum Gasteiger partial charge on any atom is 0.258 e. The molecule has 2 aliphatic rings. The molecule has 2 heterocycles. The monoisotopic (exact) mass is 475 g/mol. The molecule has 2 aliphatic heterocycles. The number of carbonyl (C=O) groups is 1. The van der Waals surface area contributed by atoms with E-state index in [1.807, 2.05) is 12.1 Å². The van der Waals surface area contributed by atoms with Crippen molar-refractivity contribution in [1.29, 1.82) is 5.41 Å². The Hall–Kier alpha value is -2.48. The van der Waals surface area contributed by atoms with Crippen molar-refractivity contribution in [2.24, 2.45) is 5.73 Å². The molecular formula is C23H27Cl2N5O2. The third-order valence-electron chi connectivity index (χ3n) is 6.10. The molecule has 0 unspecified atom stereocenters. The SMILES string of the molecule is N=C(N)Nc1cc(Cl)ccc1OCC(=O)N[C@H]1C[C@H]2CC[C@@H](C1)N2Cc1ccc(Cl)cc1. The summed E-state index contributed by atoms with van der Waals surface area (Å²) < 4.78 is 5.67. The van der Waals surface area contributed by atoms with Crippen LogP contribution in [0.2, 0.25) is 10.0 Å². The van der Waals surface area contributed by atoms with Crippen LogP contribution in [0.4, 0.5) is 5.69 Å². The predicted octanol–water partition coefficient (Wildman–Crippen LogP) is 3.99. The van der Waals surface area contributed by atoms with Gasteiger partial charge in [0.1, 0.15) is 5.75 Å². The Morgan fingerprint density at radius 1 is 1.09 bits per heavy atom. The third kappa shape index (κ3) is 5.65. The van der Waals surface area contributed by atoms with Gasteiger partial charge in [-0.2, -0.15) is 0 Å². The minimum Gasteiger partial charge on any atom is -0.482 e. The summed E-state index contributed by atoms with van der Waals surface area (Å²) in [5.41, 5.74) is 7.12. The van der Waals surface area contributed by atoms with Crippen molar-refractivity contribution in [3.8, 4) is 5.75 Å². The summed E-state index contributed by atoms with van der Waals surface area (Å²) in [6.45, 7) is 0.799. The zero-order valence-corrected chi connectivity index (χ0v) is 19.1. The lowest BCUT2D eigenvalue weighted by molar-refractivity contribution is -0.124. The molecule has 0 aliphatic carbocycles. The van der Waals surface area contributed by atoms with E-state index in [9.17, 15) is 4.79 Å². The van der Waals surface area contributed by atoms with Crippen LogP contribution in [0.5, 0.6) is 5.75 Å². The molecule has 0 radical (unpaired) electrons. The van der Waals surface area contributed by atoms with Crippen molar-refractivity contribution in [3.05, 3.63) is 58.1 Å².